The molecule has 176 valence electrons. The third-order valence-corrected chi connectivity index (χ3v) is 5.30. The molecule has 0 aliphatic carbocycles. The second kappa shape index (κ2) is 9.68. The summed E-state index contributed by atoms with van der Waals surface area (Å²) in [4.78, 5) is 19.9. The van der Waals surface area contributed by atoms with E-state index in [4.69, 9.17) is 16.3 Å². The number of hydrazone groups is 1. The van der Waals surface area contributed by atoms with E-state index in [1.165, 1.54) is 5.01 Å². The molecule has 2 heterocycles. The van der Waals surface area contributed by atoms with Crippen molar-refractivity contribution >= 4 is 29.1 Å². The van der Waals surface area contributed by atoms with Crippen molar-refractivity contribution in [3.63, 3.8) is 0 Å². The van der Waals surface area contributed by atoms with Gasteiger partial charge in [0.1, 0.15) is 5.56 Å². The molecule has 1 aliphatic heterocycles. The molecule has 0 saturated carbocycles. The highest BCUT2D eigenvalue weighted by Crippen LogP contribution is 2.34. The summed E-state index contributed by atoms with van der Waals surface area (Å²) in [6, 6.07) is 15.7. The van der Waals surface area contributed by atoms with Crippen LogP contribution in [-0.4, -0.2) is 48.1 Å². The number of halogens is 4. The quantitative estimate of drug-likeness (QED) is 0.440. The van der Waals surface area contributed by atoms with Gasteiger partial charge in [0.05, 0.1) is 25.6 Å². The number of benzene rings is 2. The maximum atomic E-state index is 13.5. The van der Waals surface area contributed by atoms with E-state index < -0.39 is 24.8 Å². The van der Waals surface area contributed by atoms with Gasteiger partial charge in [-0.15, -0.1) is 0 Å². The van der Waals surface area contributed by atoms with Crippen molar-refractivity contribution in [1.82, 2.24) is 9.97 Å². The molecular formula is C23H18ClF3N4O3. The molecule has 1 aliphatic rings. The van der Waals surface area contributed by atoms with Crippen LogP contribution in [0.3, 0.4) is 0 Å². The molecule has 0 spiro atoms. The number of carbonyl (C=O) groups is 1. The van der Waals surface area contributed by atoms with Crippen molar-refractivity contribution in [3.8, 4) is 6.01 Å². The van der Waals surface area contributed by atoms with Gasteiger partial charge in [-0.1, -0.05) is 54.1 Å². The third kappa shape index (κ3) is 4.96. The van der Waals surface area contributed by atoms with Crippen molar-refractivity contribution in [3.05, 3.63) is 82.5 Å². The van der Waals surface area contributed by atoms with Crippen LogP contribution in [0.4, 0.5) is 19.0 Å². The fourth-order valence-corrected chi connectivity index (χ4v) is 3.61. The van der Waals surface area contributed by atoms with Crippen LogP contribution in [0.15, 0.2) is 65.9 Å². The van der Waals surface area contributed by atoms with Gasteiger partial charge in [0.15, 0.2) is 12.5 Å². The molecule has 7 nitrogen and oxygen atoms in total. The normalized spacial score (nSPS) is 15.7. The molecule has 1 atom stereocenters. The average molecular weight is 491 g/mol. The topological polar surface area (TPSA) is 76.9 Å². The van der Waals surface area contributed by atoms with Crippen molar-refractivity contribution in [2.45, 2.75) is 12.0 Å². The van der Waals surface area contributed by atoms with Crippen LogP contribution in [0.5, 0.6) is 6.01 Å². The van der Waals surface area contributed by atoms with E-state index in [0.29, 0.717) is 10.7 Å². The summed E-state index contributed by atoms with van der Waals surface area (Å²) in [6.45, 7) is -1.84. The van der Waals surface area contributed by atoms with Gasteiger partial charge in [-0.05, 0) is 23.3 Å². The van der Waals surface area contributed by atoms with Crippen molar-refractivity contribution in [1.29, 1.82) is 0 Å². The van der Waals surface area contributed by atoms with Gasteiger partial charge in [0, 0.05) is 10.9 Å². The second-order valence-electron chi connectivity index (χ2n) is 7.29. The minimum atomic E-state index is -4.13. The molecule has 0 bridgehead atoms. The smallest absolute Gasteiger partial charge is 0.429 e. The number of methoxy groups -OCH3 is 1. The van der Waals surface area contributed by atoms with Crippen LogP contribution in [0.1, 0.15) is 27.4 Å². The molecule has 0 radical (unpaired) electrons. The fourth-order valence-electron chi connectivity index (χ4n) is 3.48. The summed E-state index contributed by atoms with van der Waals surface area (Å²) < 4.78 is 48.5. The monoisotopic (exact) mass is 490 g/mol. The summed E-state index contributed by atoms with van der Waals surface area (Å²) >= 11 is 6.03. The predicted octanol–water partition coefficient (Wildman–Crippen LogP) is 4.87. The minimum Gasteiger partial charge on any atom is -0.465 e. The van der Waals surface area contributed by atoms with Gasteiger partial charge >= 0.3 is 18.1 Å². The minimum absolute atomic E-state index is 0.114. The van der Waals surface area contributed by atoms with Crippen LogP contribution in [0.2, 0.25) is 5.02 Å². The highest BCUT2D eigenvalue weighted by atomic mass is 35.5. The number of hydrogen-bond acceptors (Lipinski definition) is 7. The Morgan fingerprint density at radius 2 is 1.88 bits per heavy atom. The van der Waals surface area contributed by atoms with Gasteiger partial charge in [-0.3, -0.25) is 0 Å². The molecule has 4 rings (SSSR count). The second-order valence-corrected chi connectivity index (χ2v) is 7.73. The number of nitrogens with zero attached hydrogens (tertiary/aromatic N) is 4. The molecule has 2 aromatic carbocycles. The van der Waals surface area contributed by atoms with E-state index in [9.17, 15) is 18.0 Å². The predicted molar refractivity (Wildman–Crippen MR) is 119 cm³/mol. The maximum Gasteiger partial charge on any atom is 0.429 e. The Kier molecular flexibility index (Phi) is 6.69. The van der Waals surface area contributed by atoms with Gasteiger partial charge < -0.3 is 9.47 Å². The molecule has 3 aromatic rings. The average Bonchev–Trinajstić information content (AvgIpc) is 3.30. The van der Waals surface area contributed by atoms with Crippen LogP contribution in [-0.2, 0) is 4.74 Å². The number of carbonyl (C=O) groups excluding carboxylic acids is 1. The Hall–Kier alpha value is -3.66. The first kappa shape index (κ1) is 23.5. The molecule has 1 unspecified atom stereocenters. The lowest BCUT2D eigenvalue weighted by atomic mass is 9.91. The number of hydrogen-bond donors (Lipinski definition) is 0. The molecule has 0 amide bonds. The van der Waals surface area contributed by atoms with E-state index in [1.54, 1.807) is 24.3 Å². The molecule has 0 fully saturated rings. The van der Waals surface area contributed by atoms with Gasteiger partial charge in [-0.2, -0.15) is 18.9 Å². The van der Waals surface area contributed by atoms with Gasteiger partial charge in [0.25, 0.3) is 0 Å². The zero-order valence-corrected chi connectivity index (χ0v) is 18.5. The van der Waals surface area contributed by atoms with E-state index in [0.717, 1.165) is 24.4 Å². The number of alkyl halides is 3. The fraction of sp³-hybridized carbons (Fsp3) is 0.217. The third-order valence-electron chi connectivity index (χ3n) is 5.05. The molecule has 1 aromatic heterocycles. The number of aromatic nitrogens is 2. The first-order chi connectivity index (χ1) is 16.3. The number of ether oxygens (including phenoxy) is 2. The number of anilines is 1. The van der Waals surface area contributed by atoms with Crippen LogP contribution in [0.25, 0.3) is 0 Å². The molecule has 0 N–H and O–H groups in total. The number of esters is 1. The van der Waals surface area contributed by atoms with E-state index >= 15 is 0 Å². The van der Waals surface area contributed by atoms with Gasteiger partial charge in [-0.25, -0.2) is 19.2 Å². The maximum absolute atomic E-state index is 13.5. The Bertz CT molecular complexity index is 1210. The largest absolute Gasteiger partial charge is 0.465 e. The Balaban J connectivity index is 1.80. The zero-order chi connectivity index (χ0) is 24.3. The first-order valence-electron chi connectivity index (χ1n) is 10.1. The number of rotatable bonds is 7. The van der Waals surface area contributed by atoms with Crippen molar-refractivity contribution in [2.75, 3.05) is 25.3 Å². The van der Waals surface area contributed by atoms with Crippen LogP contribution >= 0.6 is 11.6 Å². The summed E-state index contributed by atoms with van der Waals surface area (Å²) in [7, 11) is 1.16. The molecule has 11 heteroatoms. The first-order valence-corrected chi connectivity index (χ1v) is 10.4. The van der Waals surface area contributed by atoms with Crippen molar-refractivity contribution in [2.24, 2.45) is 5.10 Å². The van der Waals surface area contributed by atoms with Crippen LogP contribution < -0.4 is 9.75 Å². The van der Waals surface area contributed by atoms with Crippen molar-refractivity contribution < 1.29 is 27.4 Å². The highest BCUT2D eigenvalue weighted by Gasteiger charge is 2.36. The Morgan fingerprint density at radius 3 is 2.53 bits per heavy atom. The lowest BCUT2D eigenvalue weighted by molar-refractivity contribution is -0.190. The van der Waals surface area contributed by atoms with E-state index in [2.05, 4.69) is 19.8 Å². The zero-order valence-electron chi connectivity index (χ0n) is 17.8. The Labute approximate surface area is 197 Å². The summed E-state index contributed by atoms with van der Waals surface area (Å²) in [6.07, 6.45) is -3.15. The highest BCUT2D eigenvalue weighted by molar-refractivity contribution is 6.30. The van der Waals surface area contributed by atoms with E-state index in [1.807, 2.05) is 30.3 Å². The summed E-state index contributed by atoms with van der Waals surface area (Å²) in [5, 5.41) is 6.58. The molecule has 34 heavy (non-hydrogen) atoms. The van der Waals surface area contributed by atoms with Gasteiger partial charge in [0.2, 0.25) is 0 Å². The summed E-state index contributed by atoms with van der Waals surface area (Å²) in [5.74, 6) is -1.17. The SMILES string of the molecule is COC(=O)c1cnc(OC(F)(F)CF)nc1N1CC(c2ccccc2)C(c2ccc(Cl)cc2)=N1. The Morgan fingerprint density at radius 1 is 1.18 bits per heavy atom. The van der Waals surface area contributed by atoms with Crippen LogP contribution in [0, 0.1) is 0 Å². The standard InChI is InChI=1S/C23H18ClF3N4O3/c1-33-21(32)17-11-28-22(34-23(26,27)13-25)29-20(17)31-12-18(14-5-3-2-4-6-14)19(30-31)15-7-9-16(24)10-8-15/h2-11,18H,12-13H2,1H3. The lowest BCUT2D eigenvalue weighted by Gasteiger charge is -2.19. The van der Waals surface area contributed by atoms with E-state index in [-0.39, 0.29) is 23.8 Å². The summed E-state index contributed by atoms with van der Waals surface area (Å²) in [5.41, 5.74) is 2.24. The molecular weight excluding hydrogens is 473 g/mol. The molecule has 0 saturated heterocycles. The lowest BCUT2D eigenvalue weighted by Crippen LogP contribution is -2.29.